The van der Waals surface area contributed by atoms with Gasteiger partial charge in [0, 0.05) is 37.6 Å². The molecule has 0 bridgehead atoms. The van der Waals surface area contributed by atoms with Crippen molar-refractivity contribution in [3.05, 3.63) is 12.2 Å². The molecular formula is C31H57NO6. The summed E-state index contributed by atoms with van der Waals surface area (Å²) in [4.78, 5) is 34.2. The van der Waals surface area contributed by atoms with E-state index in [-0.39, 0.29) is 0 Å². The van der Waals surface area contributed by atoms with Crippen LogP contribution in [0.1, 0.15) is 124 Å². The number of unbranched alkanes of at least 4 members (excludes halogenated alkanes) is 10. The lowest BCUT2D eigenvalue weighted by molar-refractivity contribution is -0.929. The van der Waals surface area contributed by atoms with E-state index in [2.05, 4.69) is 19.1 Å². The summed E-state index contributed by atoms with van der Waals surface area (Å²) in [5, 5.41) is 30.1. The second kappa shape index (κ2) is 22.0. The van der Waals surface area contributed by atoms with Crippen molar-refractivity contribution in [2.24, 2.45) is 17.8 Å². The van der Waals surface area contributed by atoms with Crippen LogP contribution in [-0.2, 0) is 14.4 Å². The van der Waals surface area contributed by atoms with Crippen molar-refractivity contribution in [3.63, 3.8) is 0 Å². The van der Waals surface area contributed by atoms with Gasteiger partial charge in [0.1, 0.15) is 0 Å². The Morgan fingerprint density at radius 1 is 0.632 bits per heavy atom. The maximum Gasteiger partial charge on any atom is 0.306 e. The molecule has 0 aliphatic carbocycles. The summed E-state index contributed by atoms with van der Waals surface area (Å²) in [6.07, 6.45) is 20.8. The van der Waals surface area contributed by atoms with Crippen molar-refractivity contribution in [2.45, 2.75) is 124 Å². The summed E-state index contributed by atoms with van der Waals surface area (Å²) < 4.78 is 0.537. The van der Waals surface area contributed by atoms with E-state index in [0.717, 1.165) is 19.4 Å². The molecule has 0 amide bonds. The van der Waals surface area contributed by atoms with Crippen molar-refractivity contribution in [1.29, 1.82) is 0 Å². The Balaban J connectivity index is 4.87. The van der Waals surface area contributed by atoms with E-state index in [1.165, 1.54) is 64.2 Å². The maximum absolute atomic E-state index is 11.4. The fourth-order valence-electron chi connectivity index (χ4n) is 4.77. The van der Waals surface area contributed by atoms with Gasteiger partial charge in [0.25, 0.3) is 0 Å². The van der Waals surface area contributed by atoms with Gasteiger partial charge in [-0.25, -0.2) is 0 Å². The first-order chi connectivity index (χ1) is 18.0. The molecule has 0 aliphatic heterocycles. The molecule has 0 rings (SSSR count). The molecule has 0 aromatic heterocycles. The highest BCUT2D eigenvalue weighted by atomic mass is 16.4. The molecule has 3 unspecified atom stereocenters. The molecule has 0 saturated carbocycles. The molecule has 7 nitrogen and oxygen atoms in total. The first kappa shape index (κ1) is 36.1. The predicted octanol–water partition coefficient (Wildman–Crippen LogP) is 6.06. The molecule has 0 spiro atoms. The van der Waals surface area contributed by atoms with E-state index in [9.17, 15) is 29.7 Å². The zero-order valence-corrected chi connectivity index (χ0v) is 24.8. The molecule has 0 aliphatic rings. The quantitative estimate of drug-likeness (QED) is 0.0784. The van der Waals surface area contributed by atoms with Gasteiger partial charge >= 0.3 is 11.9 Å². The average Bonchev–Trinajstić information content (AvgIpc) is 2.88. The van der Waals surface area contributed by atoms with Crippen LogP contribution in [0.5, 0.6) is 0 Å². The first-order valence-corrected chi connectivity index (χ1v) is 15.2. The fourth-order valence-corrected chi connectivity index (χ4v) is 4.77. The minimum Gasteiger partial charge on any atom is -0.550 e. The Kier molecular flexibility index (Phi) is 20.9. The Labute approximate surface area is 232 Å². The third kappa shape index (κ3) is 18.4. The van der Waals surface area contributed by atoms with Crippen LogP contribution in [0.3, 0.4) is 0 Å². The number of carboxylic acids is 3. The van der Waals surface area contributed by atoms with Crippen LogP contribution in [0.25, 0.3) is 0 Å². The number of hydrogen-bond acceptors (Lipinski definition) is 4. The number of rotatable bonds is 26. The van der Waals surface area contributed by atoms with E-state index >= 15 is 0 Å². The van der Waals surface area contributed by atoms with Gasteiger partial charge < -0.3 is 24.6 Å². The smallest absolute Gasteiger partial charge is 0.306 e. The maximum atomic E-state index is 11.4. The Hall–Kier alpha value is -1.89. The van der Waals surface area contributed by atoms with Gasteiger partial charge in [-0.2, -0.15) is 0 Å². The highest BCUT2D eigenvalue weighted by Gasteiger charge is 2.30. The molecule has 0 aromatic rings. The highest BCUT2D eigenvalue weighted by Crippen LogP contribution is 2.21. The summed E-state index contributed by atoms with van der Waals surface area (Å²) in [6, 6.07) is 0. The first-order valence-electron chi connectivity index (χ1n) is 15.2. The van der Waals surface area contributed by atoms with Gasteiger partial charge in [0.2, 0.25) is 0 Å². The van der Waals surface area contributed by atoms with Crippen LogP contribution in [0.4, 0.5) is 0 Å². The third-order valence-corrected chi connectivity index (χ3v) is 8.02. The van der Waals surface area contributed by atoms with Crippen LogP contribution < -0.4 is 5.11 Å². The molecule has 0 saturated heterocycles. The molecule has 0 heterocycles. The topological polar surface area (TPSA) is 115 Å². The number of nitrogens with zero attached hydrogens (tertiary/aromatic N) is 1. The largest absolute Gasteiger partial charge is 0.550 e. The lowest BCUT2D eigenvalue weighted by Gasteiger charge is -2.40. The molecule has 2 N–H and O–H groups in total. The van der Waals surface area contributed by atoms with Crippen LogP contribution >= 0.6 is 0 Å². The standard InChI is InChI=1S/C31H57NO6/c1-5-6-7-8-9-10-11-12-13-14-15-16-17-18-22-32(23-19-26(2)29(33)34,24-20-27(3)30(35)36)25-21-28(4)31(37)38/h16-17,26-28H,5-15,18-25H2,1-4H3,(H2-,33,34,35,36,37,38)/b17-16+. The van der Waals surface area contributed by atoms with E-state index in [1.54, 1.807) is 20.8 Å². The minimum absolute atomic E-state index is 0.424. The van der Waals surface area contributed by atoms with Crippen molar-refractivity contribution in [3.8, 4) is 0 Å². The number of carbonyl (C=O) groups is 3. The molecule has 0 radical (unpaired) electrons. The van der Waals surface area contributed by atoms with Crippen molar-refractivity contribution < 1.29 is 34.2 Å². The van der Waals surface area contributed by atoms with E-state index in [0.29, 0.717) is 43.4 Å². The fraction of sp³-hybridized carbons (Fsp3) is 0.839. The van der Waals surface area contributed by atoms with E-state index in [1.807, 2.05) is 0 Å². The van der Waals surface area contributed by atoms with Gasteiger partial charge in [-0.05, 0) is 12.8 Å². The second-order valence-electron chi connectivity index (χ2n) is 11.5. The van der Waals surface area contributed by atoms with Crippen LogP contribution in [0, 0.1) is 17.8 Å². The number of aliphatic carboxylic acids is 3. The summed E-state index contributed by atoms with van der Waals surface area (Å²) in [7, 11) is 0. The molecule has 0 fully saturated rings. The van der Waals surface area contributed by atoms with Crippen LogP contribution in [0.2, 0.25) is 0 Å². The normalized spacial score (nSPS) is 15.7. The van der Waals surface area contributed by atoms with E-state index in [4.69, 9.17) is 0 Å². The van der Waals surface area contributed by atoms with Crippen LogP contribution in [0.15, 0.2) is 12.2 Å². The molecule has 3 atom stereocenters. The third-order valence-electron chi connectivity index (χ3n) is 8.02. The number of carbonyl (C=O) groups excluding carboxylic acids is 1. The van der Waals surface area contributed by atoms with Gasteiger partial charge in [-0.3, -0.25) is 9.59 Å². The zero-order valence-electron chi connectivity index (χ0n) is 24.8. The Bertz CT molecular complexity index is 617. The van der Waals surface area contributed by atoms with Gasteiger partial charge in [0.15, 0.2) is 0 Å². The minimum atomic E-state index is -1.09. The van der Waals surface area contributed by atoms with Gasteiger partial charge in [0.05, 0.1) is 38.0 Å². The van der Waals surface area contributed by atoms with Crippen molar-refractivity contribution in [2.75, 3.05) is 26.2 Å². The van der Waals surface area contributed by atoms with Gasteiger partial charge in [-0.1, -0.05) is 97.6 Å². The Morgan fingerprint density at radius 3 is 1.45 bits per heavy atom. The predicted molar refractivity (Wildman–Crippen MR) is 152 cm³/mol. The molecule has 7 heteroatoms. The monoisotopic (exact) mass is 539 g/mol. The second-order valence-corrected chi connectivity index (χ2v) is 11.5. The average molecular weight is 540 g/mol. The number of quaternary nitrogens is 1. The summed E-state index contributed by atoms with van der Waals surface area (Å²) in [6.45, 7) is 9.75. The number of carboxylic acid groups (broad SMARTS) is 3. The summed E-state index contributed by atoms with van der Waals surface area (Å²) in [5.74, 6) is -4.39. The highest BCUT2D eigenvalue weighted by molar-refractivity contribution is 5.69. The van der Waals surface area contributed by atoms with E-state index < -0.39 is 35.7 Å². The molecule has 222 valence electrons. The van der Waals surface area contributed by atoms with Gasteiger partial charge in [-0.15, -0.1) is 0 Å². The molecular weight excluding hydrogens is 482 g/mol. The SMILES string of the molecule is CCCCCCCCCCCC/C=C/CC[N+](CCC(C)C(=O)[O-])(CCC(C)C(=O)O)CCC(C)C(=O)O. The summed E-state index contributed by atoms with van der Waals surface area (Å²) >= 11 is 0. The lowest BCUT2D eigenvalue weighted by atomic mass is 10.0. The number of allylic oxidation sites excluding steroid dienone is 1. The zero-order chi connectivity index (χ0) is 28.8. The van der Waals surface area contributed by atoms with Crippen LogP contribution in [-0.4, -0.2) is 58.8 Å². The number of hydrogen-bond donors (Lipinski definition) is 2. The summed E-state index contributed by atoms with van der Waals surface area (Å²) in [5.41, 5.74) is 0. The van der Waals surface area contributed by atoms with Crippen molar-refractivity contribution >= 4 is 17.9 Å². The molecule has 38 heavy (non-hydrogen) atoms. The van der Waals surface area contributed by atoms with Crippen molar-refractivity contribution in [1.82, 2.24) is 0 Å². The molecule has 0 aromatic carbocycles. The Morgan fingerprint density at radius 2 is 1.03 bits per heavy atom. The lowest BCUT2D eigenvalue weighted by Crippen LogP contribution is -2.52.